The molecule has 0 aliphatic heterocycles. The predicted molar refractivity (Wildman–Crippen MR) is 74.1 cm³/mol. The van der Waals surface area contributed by atoms with E-state index in [0.29, 0.717) is 0 Å². The highest BCUT2D eigenvalue weighted by Gasteiger charge is 2.00. The highest BCUT2D eigenvalue weighted by molar-refractivity contribution is 7.13. The number of benzene rings is 2. The van der Waals surface area contributed by atoms with Crippen LogP contribution in [-0.2, 0) is 0 Å². The van der Waals surface area contributed by atoms with Gasteiger partial charge in [-0.1, -0.05) is 18.2 Å². The number of thiazole rings is 1. The molecular weight excluding hydrogens is 242 g/mol. The minimum Gasteiger partial charge on any atom is -0.457 e. The molecule has 0 aliphatic carbocycles. The molecule has 0 bridgehead atoms. The summed E-state index contributed by atoms with van der Waals surface area (Å²) in [4.78, 5) is 5.24. The summed E-state index contributed by atoms with van der Waals surface area (Å²) in [5.74, 6) is 1.69. The van der Waals surface area contributed by atoms with Crippen LogP contribution in [0.5, 0.6) is 11.5 Å². The third-order valence-corrected chi connectivity index (χ3v) is 3.37. The van der Waals surface area contributed by atoms with E-state index in [9.17, 15) is 0 Å². The number of aromatic nitrogens is 1. The average molecular weight is 253 g/mol. The van der Waals surface area contributed by atoms with Crippen LogP contribution in [0.1, 0.15) is 0 Å². The van der Waals surface area contributed by atoms with Gasteiger partial charge in [-0.3, -0.25) is 4.98 Å². The Hall–Kier alpha value is -2.13. The third-order valence-electron chi connectivity index (χ3n) is 2.55. The van der Waals surface area contributed by atoms with E-state index in [1.807, 2.05) is 66.3 Å². The topological polar surface area (TPSA) is 22.1 Å². The summed E-state index contributed by atoms with van der Waals surface area (Å²) in [5.41, 5.74) is 3.00. The zero-order valence-corrected chi connectivity index (χ0v) is 10.4. The molecule has 3 aromatic rings. The zero-order valence-electron chi connectivity index (χ0n) is 9.61. The molecular formula is C15H11NOS. The predicted octanol–water partition coefficient (Wildman–Crippen LogP) is 4.60. The molecule has 0 spiro atoms. The smallest absolute Gasteiger partial charge is 0.127 e. The summed E-state index contributed by atoms with van der Waals surface area (Å²) in [6, 6.07) is 17.8. The van der Waals surface area contributed by atoms with Crippen LogP contribution < -0.4 is 4.74 Å². The van der Waals surface area contributed by atoms with Crippen LogP contribution in [0, 0.1) is 0 Å². The maximum Gasteiger partial charge on any atom is 0.127 e. The first-order valence-corrected chi connectivity index (χ1v) is 6.51. The van der Waals surface area contributed by atoms with Gasteiger partial charge in [-0.05, 0) is 42.0 Å². The minimum absolute atomic E-state index is 0.842. The van der Waals surface area contributed by atoms with Gasteiger partial charge in [0, 0.05) is 6.20 Å². The monoisotopic (exact) mass is 253 g/mol. The largest absolute Gasteiger partial charge is 0.457 e. The molecule has 0 aliphatic rings. The Morgan fingerprint density at radius 3 is 2.22 bits per heavy atom. The molecule has 2 nitrogen and oxygen atoms in total. The van der Waals surface area contributed by atoms with Crippen LogP contribution in [-0.4, -0.2) is 4.98 Å². The maximum absolute atomic E-state index is 5.74. The second-order valence-corrected chi connectivity index (χ2v) is 4.69. The van der Waals surface area contributed by atoms with E-state index in [1.165, 1.54) is 4.88 Å². The van der Waals surface area contributed by atoms with Gasteiger partial charge < -0.3 is 4.74 Å². The van der Waals surface area contributed by atoms with Gasteiger partial charge in [-0.25, -0.2) is 0 Å². The van der Waals surface area contributed by atoms with Gasteiger partial charge in [-0.15, -0.1) is 11.3 Å². The Bertz CT molecular complexity index is 603. The summed E-state index contributed by atoms with van der Waals surface area (Å²) >= 11 is 1.63. The van der Waals surface area contributed by atoms with Crippen molar-refractivity contribution in [3.8, 4) is 21.9 Å². The molecule has 0 N–H and O–H groups in total. The van der Waals surface area contributed by atoms with Crippen LogP contribution in [0.25, 0.3) is 10.4 Å². The van der Waals surface area contributed by atoms with Crippen molar-refractivity contribution >= 4 is 11.3 Å². The molecule has 2 aromatic carbocycles. The van der Waals surface area contributed by atoms with E-state index in [1.54, 1.807) is 11.3 Å². The van der Waals surface area contributed by atoms with E-state index in [4.69, 9.17) is 4.74 Å². The first-order valence-electron chi connectivity index (χ1n) is 5.64. The molecule has 1 aromatic heterocycles. The van der Waals surface area contributed by atoms with Crippen molar-refractivity contribution in [1.82, 2.24) is 4.98 Å². The minimum atomic E-state index is 0.842. The van der Waals surface area contributed by atoms with Gasteiger partial charge in [0.05, 0.1) is 10.4 Å². The molecule has 18 heavy (non-hydrogen) atoms. The van der Waals surface area contributed by atoms with Crippen molar-refractivity contribution < 1.29 is 4.74 Å². The second-order valence-electron chi connectivity index (χ2n) is 3.81. The zero-order chi connectivity index (χ0) is 12.2. The molecule has 0 fully saturated rings. The van der Waals surface area contributed by atoms with Gasteiger partial charge in [0.25, 0.3) is 0 Å². The third kappa shape index (κ3) is 2.41. The van der Waals surface area contributed by atoms with Crippen LogP contribution in [0.4, 0.5) is 0 Å². The number of ether oxygens (including phenoxy) is 1. The number of para-hydroxylation sites is 1. The molecule has 3 rings (SSSR count). The van der Waals surface area contributed by atoms with Crippen LogP contribution in [0.3, 0.4) is 0 Å². The average Bonchev–Trinajstić information content (AvgIpc) is 2.95. The van der Waals surface area contributed by atoms with E-state index >= 15 is 0 Å². The highest BCUT2D eigenvalue weighted by atomic mass is 32.1. The number of nitrogens with zero attached hydrogens (tertiary/aromatic N) is 1. The Kier molecular flexibility index (Phi) is 3.07. The molecule has 0 radical (unpaired) electrons. The summed E-state index contributed by atoms with van der Waals surface area (Å²) in [7, 11) is 0. The first-order chi connectivity index (χ1) is 8.92. The first kappa shape index (κ1) is 11.0. The molecule has 1 heterocycles. The van der Waals surface area contributed by atoms with Crippen molar-refractivity contribution in [2.45, 2.75) is 0 Å². The molecule has 0 amide bonds. The fourth-order valence-electron chi connectivity index (χ4n) is 1.67. The van der Waals surface area contributed by atoms with Gasteiger partial charge in [0.15, 0.2) is 0 Å². The lowest BCUT2D eigenvalue weighted by atomic mass is 10.2. The molecule has 88 valence electrons. The van der Waals surface area contributed by atoms with Crippen LogP contribution in [0.15, 0.2) is 66.3 Å². The summed E-state index contributed by atoms with van der Waals surface area (Å²) in [6.45, 7) is 0. The summed E-state index contributed by atoms with van der Waals surface area (Å²) < 4.78 is 5.74. The molecule has 0 saturated heterocycles. The van der Waals surface area contributed by atoms with Gasteiger partial charge in [0.1, 0.15) is 11.5 Å². The maximum atomic E-state index is 5.74. The molecule has 3 heteroatoms. The molecule has 0 saturated carbocycles. The lowest BCUT2D eigenvalue weighted by Gasteiger charge is -2.05. The fourth-order valence-corrected chi connectivity index (χ4v) is 2.30. The number of rotatable bonds is 3. The van der Waals surface area contributed by atoms with Crippen LogP contribution in [0.2, 0.25) is 0 Å². The van der Waals surface area contributed by atoms with Crippen molar-refractivity contribution in [3.63, 3.8) is 0 Å². The molecule has 0 atom stereocenters. The van der Waals surface area contributed by atoms with Crippen molar-refractivity contribution in [3.05, 3.63) is 66.3 Å². The van der Waals surface area contributed by atoms with E-state index < -0.39 is 0 Å². The fraction of sp³-hybridized carbons (Fsp3) is 0. The summed E-state index contributed by atoms with van der Waals surface area (Å²) in [6.07, 6.45) is 1.87. The van der Waals surface area contributed by atoms with Crippen molar-refractivity contribution in [2.24, 2.45) is 0 Å². The Labute approximate surface area is 110 Å². The molecule has 0 unspecified atom stereocenters. The summed E-state index contributed by atoms with van der Waals surface area (Å²) in [5, 5.41) is 0. The lowest BCUT2D eigenvalue weighted by molar-refractivity contribution is 0.483. The highest BCUT2D eigenvalue weighted by Crippen LogP contribution is 2.27. The number of hydrogen-bond acceptors (Lipinski definition) is 3. The number of hydrogen-bond donors (Lipinski definition) is 0. The lowest BCUT2D eigenvalue weighted by Crippen LogP contribution is -1.83. The second kappa shape index (κ2) is 5.02. The van der Waals surface area contributed by atoms with E-state index in [0.717, 1.165) is 17.1 Å². The standard InChI is InChI=1S/C15H11NOS/c1-2-4-13(5-3-1)17-14-8-6-12(7-9-14)15-10-16-11-18-15/h1-11H. The van der Waals surface area contributed by atoms with Gasteiger partial charge in [-0.2, -0.15) is 0 Å². The van der Waals surface area contributed by atoms with Crippen molar-refractivity contribution in [2.75, 3.05) is 0 Å². The van der Waals surface area contributed by atoms with E-state index in [-0.39, 0.29) is 0 Å². The Morgan fingerprint density at radius 1 is 0.833 bits per heavy atom. The Morgan fingerprint density at radius 2 is 1.56 bits per heavy atom. The van der Waals surface area contributed by atoms with E-state index in [2.05, 4.69) is 4.98 Å². The Balaban J connectivity index is 1.80. The van der Waals surface area contributed by atoms with Crippen molar-refractivity contribution in [1.29, 1.82) is 0 Å². The SMILES string of the molecule is c1ccc(Oc2ccc(-c3cncs3)cc2)cc1. The normalized spacial score (nSPS) is 10.2. The van der Waals surface area contributed by atoms with Crippen LogP contribution >= 0.6 is 11.3 Å². The quantitative estimate of drug-likeness (QED) is 0.680. The van der Waals surface area contributed by atoms with Gasteiger partial charge in [0.2, 0.25) is 0 Å². The van der Waals surface area contributed by atoms with Gasteiger partial charge >= 0.3 is 0 Å².